The number of benzene rings is 4. The molecule has 0 N–H and O–H groups in total. The Kier molecular flexibility index (Phi) is 8.30. The van der Waals surface area contributed by atoms with Crippen LogP contribution in [0.15, 0.2) is 121 Å². The van der Waals surface area contributed by atoms with E-state index in [9.17, 15) is 0 Å². The van der Waals surface area contributed by atoms with Crippen molar-refractivity contribution in [2.45, 2.75) is 0 Å². The van der Waals surface area contributed by atoms with Crippen LogP contribution >= 0.6 is 26.3 Å². The summed E-state index contributed by atoms with van der Waals surface area (Å²) in [7, 11) is 7.72. The first-order chi connectivity index (χ1) is 13.8. The van der Waals surface area contributed by atoms with Crippen LogP contribution in [0.2, 0.25) is 0 Å². The maximum atomic E-state index is 4.81. The summed E-state index contributed by atoms with van der Waals surface area (Å²) < 4.78 is 0. The fourth-order valence-corrected chi connectivity index (χ4v) is 7.77. The van der Waals surface area contributed by atoms with Crippen LogP contribution in [-0.4, -0.2) is 0 Å². The van der Waals surface area contributed by atoms with Crippen molar-refractivity contribution in [3.05, 3.63) is 121 Å². The Labute approximate surface area is 184 Å². The van der Waals surface area contributed by atoms with Gasteiger partial charge in [-0.2, -0.15) is 0 Å². The van der Waals surface area contributed by atoms with Gasteiger partial charge in [0.15, 0.2) is 0 Å². The third-order valence-electron chi connectivity index (χ3n) is 4.57. The summed E-state index contributed by atoms with van der Waals surface area (Å²) >= 11 is -0.106. The minimum atomic E-state index is -1.91. The normalized spacial score (nSPS) is 10.8. The first-order valence-corrected chi connectivity index (χ1v) is 14.6. The first-order valence-electron chi connectivity index (χ1n) is 8.78. The third kappa shape index (κ3) is 4.58. The van der Waals surface area contributed by atoms with Crippen molar-refractivity contribution in [2.75, 3.05) is 0 Å². The molecule has 0 aromatic heterocycles. The van der Waals surface area contributed by atoms with Gasteiger partial charge in [-0.25, -0.2) is 0 Å². The Bertz CT molecular complexity index is 785. The zero-order valence-corrected chi connectivity index (χ0v) is 19.0. The molecule has 0 atom stereocenters. The van der Waals surface area contributed by atoms with Crippen molar-refractivity contribution < 1.29 is 15.9 Å². The fraction of sp³-hybridized carbons (Fsp3) is 0. The van der Waals surface area contributed by atoms with Crippen LogP contribution in [0.3, 0.4) is 0 Å². The molecule has 0 fully saturated rings. The number of rotatable bonds is 4. The topological polar surface area (TPSA) is 0 Å². The largest absolute Gasteiger partial charge is 0.144 e. The summed E-state index contributed by atoms with van der Waals surface area (Å²) in [6.45, 7) is 0. The van der Waals surface area contributed by atoms with E-state index >= 15 is 0 Å². The summed E-state index contributed by atoms with van der Waals surface area (Å²) in [6.07, 6.45) is 0. The average Bonchev–Trinajstić information content (AvgIpc) is 2.78. The summed E-state index contributed by atoms with van der Waals surface area (Å²) in [5.74, 6) is 0. The van der Waals surface area contributed by atoms with E-state index in [4.69, 9.17) is 19.1 Å². The molecule has 0 bridgehead atoms. The molecule has 0 unspecified atom stereocenters. The van der Waals surface area contributed by atoms with E-state index in [1.807, 2.05) is 0 Å². The zero-order chi connectivity index (χ0) is 19.7. The van der Waals surface area contributed by atoms with E-state index in [2.05, 4.69) is 121 Å². The molecular formula is C24H20Cl2PPd+. The quantitative estimate of drug-likeness (QED) is 0.242. The molecule has 0 saturated carbocycles. The van der Waals surface area contributed by atoms with Gasteiger partial charge in [0.1, 0.15) is 28.5 Å². The fourth-order valence-electron chi connectivity index (χ4n) is 3.50. The van der Waals surface area contributed by atoms with Crippen molar-refractivity contribution >= 4 is 47.5 Å². The number of hydrogen-bond donors (Lipinski definition) is 0. The van der Waals surface area contributed by atoms with Gasteiger partial charge in [-0.1, -0.05) is 72.8 Å². The maximum Gasteiger partial charge on any atom is 0.144 e. The third-order valence-corrected chi connectivity index (χ3v) is 8.86. The molecule has 0 heterocycles. The van der Waals surface area contributed by atoms with Crippen LogP contribution in [0.25, 0.3) is 0 Å². The van der Waals surface area contributed by atoms with Gasteiger partial charge in [0.2, 0.25) is 0 Å². The van der Waals surface area contributed by atoms with E-state index in [-0.39, 0.29) is 15.9 Å². The second-order valence-corrected chi connectivity index (χ2v) is 11.8. The van der Waals surface area contributed by atoms with Gasteiger partial charge >= 0.3 is 35.0 Å². The van der Waals surface area contributed by atoms with E-state index < -0.39 is 7.26 Å². The van der Waals surface area contributed by atoms with Gasteiger partial charge < -0.3 is 0 Å². The van der Waals surface area contributed by atoms with E-state index in [1.165, 1.54) is 21.2 Å². The average molecular weight is 517 g/mol. The van der Waals surface area contributed by atoms with E-state index in [1.54, 1.807) is 0 Å². The summed E-state index contributed by atoms with van der Waals surface area (Å²) in [4.78, 5) is 0. The number of halogens is 2. The molecule has 0 aliphatic rings. The van der Waals surface area contributed by atoms with Gasteiger partial charge in [0, 0.05) is 0 Å². The Morgan fingerprint density at radius 1 is 0.393 bits per heavy atom. The van der Waals surface area contributed by atoms with E-state index in [0.717, 1.165) is 0 Å². The molecule has 0 amide bonds. The molecule has 0 saturated heterocycles. The van der Waals surface area contributed by atoms with E-state index in [0.29, 0.717) is 0 Å². The predicted octanol–water partition coefficient (Wildman–Crippen LogP) is 5.68. The molecule has 0 nitrogen and oxygen atoms in total. The molecule has 0 radical (unpaired) electrons. The SMILES string of the molecule is [Cl][Pd][Cl].c1ccc([P+](c2ccccc2)(c2ccccc2)c2ccccc2)cc1. The molecule has 4 aromatic carbocycles. The molecule has 0 aliphatic heterocycles. The molecule has 144 valence electrons. The van der Waals surface area contributed by atoms with Crippen LogP contribution in [0.1, 0.15) is 0 Å². The molecule has 4 aromatic rings. The minimum absolute atomic E-state index is 0.106. The zero-order valence-electron chi connectivity index (χ0n) is 15.1. The van der Waals surface area contributed by atoms with Gasteiger partial charge in [0.05, 0.1) is 0 Å². The Morgan fingerprint density at radius 2 is 0.571 bits per heavy atom. The number of hydrogen-bond acceptors (Lipinski definition) is 0. The minimum Gasteiger partial charge on any atom is -0.0620 e. The van der Waals surface area contributed by atoms with Crippen molar-refractivity contribution in [1.82, 2.24) is 0 Å². The molecule has 0 spiro atoms. The molecular weight excluding hydrogens is 497 g/mol. The van der Waals surface area contributed by atoms with Gasteiger partial charge in [-0.05, 0) is 48.5 Å². The monoisotopic (exact) mass is 515 g/mol. The maximum absolute atomic E-state index is 4.81. The second-order valence-electron chi connectivity index (χ2n) is 6.06. The predicted molar refractivity (Wildman–Crippen MR) is 123 cm³/mol. The second kappa shape index (κ2) is 10.9. The van der Waals surface area contributed by atoms with Crippen molar-refractivity contribution in [2.24, 2.45) is 0 Å². The van der Waals surface area contributed by atoms with Crippen molar-refractivity contribution in [1.29, 1.82) is 0 Å². The van der Waals surface area contributed by atoms with Crippen LogP contribution in [0, 0.1) is 0 Å². The Morgan fingerprint density at radius 3 is 0.750 bits per heavy atom. The van der Waals surface area contributed by atoms with Crippen LogP contribution < -0.4 is 21.2 Å². The standard InChI is InChI=1S/C24H20P.2ClH.Pd/c1-5-13-21(14-6-1)25(22-15-7-2-8-16-22,23-17-9-3-10-18-23)24-19-11-4-12-20-24;;;/h1-20H;2*1H;/q+1;;;+2/p-2. The Hall–Kier alpha value is -1.45. The van der Waals surface area contributed by atoms with Crippen molar-refractivity contribution in [3.8, 4) is 0 Å². The van der Waals surface area contributed by atoms with Gasteiger partial charge in [0.25, 0.3) is 0 Å². The van der Waals surface area contributed by atoms with Crippen LogP contribution in [-0.2, 0) is 15.9 Å². The smallest absolute Gasteiger partial charge is 0.0620 e. The first kappa shape index (κ1) is 21.3. The van der Waals surface area contributed by atoms with Gasteiger partial charge in [-0.15, -0.1) is 0 Å². The van der Waals surface area contributed by atoms with Crippen molar-refractivity contribution in [3.63, 3.8) is 0 Å². The molecule has 28 heavy (non-hydrogen) atoms. The Balaban J connectivity index is 0.000000706. The molecule has 4 rings (SSSR count). The molecule has 4 heteroatoms. The summed E-state index contributed by atoms with van der Waals surface area (Å²) in [6, 6.07) is 43.8. The summed E-state index contributed by atoms with van der Waals surface area (Å²) in [5, 5.41) is 5.55. The van der Waals surface area contributed by atoms with Gasteiger partial charge in [-0.3, -0.25) is 0 Å². The van der Waals surface area contributed by atoms with Crippen LogP contribution in [0.4, 0.5) is 0 Å². The van der Waals surface area contributed by atoms with Crippen LogP contribution in [0.5, 0.6) is 0 Å². The molecule has 0 aliphatic carbocycles. The summed E-state index contributed by atoms with van der Waals surface area (Å²) in [5.41, 5.74) is 0.